The van der Waals surface area contributed by atoms with Gasteiger partial charge in [0.25, 0.3) is 0 Å². The molecule has 0 aromatic rings. The predicted molar refractivity (Wildman–Crippen MR) is 83.0 cm³/mol. The average Bonchev–Trinajstić information content (AvgIpc) is 2.87. The Morgan fingerprint density at radius 3 is 2.61 bits per heavy atom. The molecule has 2 saturated heterocycles. The Hall–Kier alpha value is -1.23. The molecule has 1 spiro atoms. The number of aliphatic hydroxyl groups is 1. The molecule has 0 aliphatic carbocycles. The van der Waals surface area contributed by atoms with E-state index in [1.54, 1.807) is 0 Å². The molecule has 0 aromatic heterocycles. The van der Waals surface area contributed by atoms with Crippen LogP contribution in [0.25, 0.3) is 0 Å². The van der Waals surface area contributed by atoms with E-state index in [0.29, 0.717) is 19.4 Å². The molecule has 0 aromatic carbocycles. The standard InChI is InChI=1S/C13H24N4O5S/c1-8(18)10(11(19)14-2)15-6-9-4-5-13(7-16-12(13)20)17(9)23(3,21)22/h8-10,15,18H,4-7H2,1-3H3,(H,14,19)(H,16,20)/t8-,9?,10+,13?/m1/s1. The van der Waals surface area contributed by atoms with Gasteiger partial charge in [0.2, 0.25) is 21.8 Å². The molecule has 0 bridgehead atoms. The van der Waals surface area contributed by atoms with Gasteiger partial charge in [-0.1, -0.05) is 0 Å². The minimum Gasteiger partial charge on any atom is -0.391 e. The summed E-state index contributed by atoms with van der Waals surface area (Å²) in [5, 5.41) is 17.7. The van der Waals surface area contributed by atoms with E-state index in [1.165, 1.54) is 18.3 Å². The molecule has 132 valence electrons. The van der Waals surface area contributed by atoms with Crippen LogP contribution in [-0.4, -0.2) is 79.8 Å². The highest BCUT2D eigenvalue weighted by Crippen LogP contribution is 2.39. The summed E-state index contributed by atoms with van der Waals surface area (Å²) in [5.41, 5.74) is -0.993. The molecule has 2 heterocycles. The summed E-state index contributed by atoms with van der Waals surface area (Å²) >= 11 is 0. The zero-order valence-electron chi connectivity index (χ0n) is 13.5. The molecule has 2 fully saturated rings. The number of hydrogen-bond donors (Lipinski definition) is 4. The lowest BCUT2D eigenvalue weighted by Gasteiger charge is -2.44. The SMILES string of the molecule is CNC(=O)[C@@H](NCC1CCC2(CNC2=O)N1S(C)(=O)=O)[C@@H](C)O. The second kappa shape index (κ2) is 6.34. The van der Waals surface area contributed by atoms with Gasteiger partial charge in [-0.3, -0.25) is 9.59 Å². The first-order valence-electron chi connectivity index (χ1n) is 7.54. The van der Waals surface area contributed by atoms with Gasteiger partial charge in [-0.15, -0.1) is 0 Å². The van der Waals surface area contributed by atoms with E-state index in [0.717, 1.165) is 6.26 Å². The van der Waals surface area contributed by atoms with Crippen LogP contribution in [0, 0.1) is 0 Å². The second-order valence-corrected chi connectivity index (χ2v) is 8.07. The third-order valence-electron chi connectivity index (χ3n) is 4.55. The largest absolute Gasteiger partial charge is 0.391 e. The van der Waals surface area contributed by atoms with E-state index in [9.17, 15) is 23.1 Å². The fourth-order valence-electron chi connectivity index (χ4n) is 3.40. The number of β-lactam (4-membered cyclic amide) rings is 1. The molecule has 2 aliphatic heterocycles. The monoisotopic (exact) mass is 348 g/mol. The number of carbonyl (C=O) groups is 2. The lowest BCUT2D eigenvalue weighted by Crippen LogP contribution is -2.72. The van der Waals surface area contributed by atoms with Crippen molar-refractivity contribution in [3.8, 4) is 0 Å². The summed E-state index contributed by atoms with van der Waals surface area (Å²) in [4.78, 5) is 23.7. The van der Waals surface area contributed by atoms with Crippen LogP contribution in [0.2, 0.25) is 0 Å². The smallest absolute Gasteiger partial charge is 0.243 e. The van der Waals surface area contributed by atoms with Crippen molar-refractivity contribution in [2.75, 3.05) is 26.4 Å². The summed E-state index contributed by atoms with van der Waals surface area (Å²) in [6.45, 7) is 1.98. The van der Waals surface area contributed by atoms with Crippen LogP contribution in [0.1, 0.15) is 19.8 Å². The van der Waals surface area contributed by atoms with Gasteiger partial charge in [0.15, 0.2) is 0 Å². The third-order valence-corrected chi connectivity index (χ3v) is 5.91. The fourth-order valence-corrected chi connectivity index (χ4v) is 5.00. The summed E-state index contributed by atoms with van der Waals surface area (Å²) < 4.78 is 25.6. The average molecular weight is 348 g/mol. The van der Waals surface area contributed by atoms with E-state index < -0.39 is 33.7 Å². The van der Waals surface area contributed by atoms with Crippen molar-refractivity contribution in [3.63, 3.8) is 0 Å². The highest BCUT2D eigenvalue weighted by Gasteiger charge is 2.60. The van der Waals surface area contributed by atoms with E-state index in [2.05, 4.69) is 16.0 Å². The number of aliphatic hydroxyl groups excluding tert-OH is 1. The second-order valence-electron chi connectivity index (χ2n) is 6.21. The number of likely N-dealkylation sites (N-methyl/N-ethyl adjacent to an activating group) is 1. The van der Waals surface area contributed by atoms with Crippen LogP contribution in [0.5, 0.6) is 0 Å². The van der Waals surface area contributed by atoms with Crippen LogP contribution < -0.4 is 16.0 Å². The highest BCUT2D eigenvalue weighted by molar-refractivity contribution is 7.88. The normalized spacial score (nSPS) is 30.6. The van der Waals surface area contributed by atoms with Crippen molar-refractivity contribution in [2.24, 2.45) is 0 Å². The van der Waals surface area contributed by atoms with Gasteiger partial charge >= 0.3 is 0 Å². The van der Waals surface area contributed by atoms with Gasteiger partial charge in [0.05, 0.1) is 12.4 Å². The van der Waals surface area contributed by atoms with E-state index >= 15 is 0 Å². The van der Waals surface area contributed by atoms with Crippen LogP contribution in [-0.2, 0) is 19.6 Å². The van der Waals surface area contributed by atoms with Crippen molar-refractivity contribution in [1.82, 2.24) is 20.3 Å². The fraction of sp³-hybridized carbons (Fsp3) is 0.846. The molecule has 9 nitrogen and oxygen atoms in total. The number of carbonyl (C=O) groups excluding carboxylic acids is 2. The molecule has 0 saturated carbocycles. The molecular weight excluding hydrogens is 324 g/mol. The summed E-state index contributed by atoms with van der Waals surface area (Å²) in [6.07, 6.45) is 1.14. The van der Waals surface area contributed by atoms with Gasteiger partial charge in [0.1, 0.15) is 11.6 Å². The van der Waals surface area contributed by atoms with Crippen LogP contribution in [0.4, 0.5) is 0 Å². The number of rotatable bonds is 6. The molecule has 23 heavy (non-hydrogen) atoms. The number of sulfonamides is 1. The molecule has 2 aliphatic rings. The summed E-state index contributed by atoms with van der Waals surface area (Å²) in [6, 6.07) is -1.27. The van der Waals surface area contributed by atoms with Crippen LogP contribution in [0.15, 0.2) is 0 Å². The minimum absolute atomic E-state index is 0.186. The molecule has 0 radical (unpaired) electrons. The minimum atomic E-state index is -3.58. The Balaban J connectivity index is 2.13. The van der Waals surface area contributed by atoms with Crippen LogP contribution in [0.3, 0.4) is 0 Å². The number of amides is 2. The Morgan fingerprint density at radius 2 is 2.22 bits per heavy atom. The van der Waals surface area contributed by atoms with Crippen molar-refractivity contribution in [3.05, 3.63) is 0 Å². The lowest BCUT2D eigenvalue weighted by molar-refractivity contribution is -0.138. The lowest BCUT2D eigenvalue weighted by atomic mass is 9.90. The molecule has 4 N–H and O–H groups in total. The molecule has 4 atom stereocenters. The van der Waals surface area contributed by atoms with E-state index in [1.807, 2.05) is 0 Å². The molecule has 2 unspecified atom stereocenters. The van der Waals surface area contributed by atoms with E-state index in [4.69, 9.17) is 0 Å². The third kappa shape index (κ3) is 3.21. The zero-order chi connectivity index (χ0) is 17.4. The Bertz CT molecular complexity index is 593. The number of nitrogens with one attached hydrogen (secondary N) is 3. The Kier molecular flexibility index (Phi) is 5.00. The van der Waals surface area contributed by atoms with Crippen molar-refractivity contribution < 1.29 is 23.1 Å². The van der Waals surface area contributed by atoms with Gasteiger partial charge in [-0.25, -0.2) is 8.42 Å². The van der Waals surface area contributed by atoms with E-state index in [-0.39, 0.29) is 18.4 Å². The predicted octanol–water partition coefficient (Wildman–Crippen LogP) is -2.64. The molecule has 2 rings (SSSR count). The molecule has 2 amide bonds. The number of hydrogen-bond acceptors (Lipinski definition) is 6. The molecule has 10 heteroatoms. The van der Waals surface area contributed by atoms with Gasteiger partial charge < -0.3 is 21.1 Å². The maximum Gasteiger partial charge on any atom is 0.243 e. The van der Waals surface area contributed by atoms with Crippen molar-refractivity contribution in [1.29, 1.82) is 0 Å². The van der Waals surface area contributed by atoms with Gasteiger partial charge in [-0.05, 0) is 19.8 Å². The highest BCUT2D eigenvalue weighted by atomic mass is 32.2. The quantitative estimate of drug-likeness (QED) is 0.389. The number of nitrogens with zero attached hydrogens (tertiary/aromatic N) is 1. The first-order chi connectivity index (χ1) is 10.6. The Labute approximate surface area is 135 Å². The molecular formula is C13H24N4O5S. The summed E-state index contributed by atoms with van der Waals surface area (Å²) in [7, 11) is -2.11. The maximum absolute atomic E-state index is 12.2. The van der Waals surface area contributed by atoms with Gasteiger partial charge in [-0.2, -0.15) is 4.31 Å². The van der Waals surface area contributed by atoms with Crippen molar-refractivity contribution in [2.45, 2.75) is 43.5 Å². The summed E-state index contributed by atoms with van der Waals surface area (Å²) in [5.74, 6) is -0.649. The topological polar surface area (TPSA) is 128 Å². The maximum atomic E-state index is 12.2. The van der Waals surface area contributed by atoms with Crippen molar-refractivity contribution >= 4 is 21.8 Å². The van der Waals surface area contributed by atoms with Crippen LogP contribution >= 0.6 is 0 Å². The Morgan fingerprint density at radius 1 is 1.57 bits per heavy atom. The van der Waals surface area contributed by atoms with Gasteiger partial charge in [0, 0.05) is 26.2 Å². The first-order valence-corrected chi connectivity index (χ1v) is 9.39. The first kappa shape index (κ1) is 18.1. The zero-order valence-corrected chi connectivity index (χ0v) is 14.3.